The van der Waals surface area contributed by atoms with Crippen LogP contribution >= 0.6 is 11.8 Å². The molecule has 0 fully saturated rings. The summed E-state index contributed by atoms with van der Waals surface area (Å²) in [6, 6.07) is 0. The Balaban J connectivity index is 3.53. The predicted octanol–water partition coefficient (Wildman–Crippen LogP) is 10.4. The molecule has 10 heteroatoms. The topological polar surface area (TPSA) is 80.3 Å². The second kappa shape index (κ2) is 20.1. The van der Waals surface area contributed by atoms with Crippen LogP contribution in [0.25, 0.3) is 0 Å². The van der Waals surface area contributed by atoms with E-state index < -0.39 is 16.6 Å². The van der Waals surface area contributed by atoms with Crippen molar-refractivity contribution in [3.05, 3.63) is 22.8 Å². The number of rotatable bonds is 21. The van der Waals surface area contributed by atoms with E-state index in [-0.39, 0.29) is 46.7 Å². The summed E-state index contributed by atoms with van der Waals surface area (Å²) in [7, 11) is -2.83. The fourth-order valence-corrected chi connectivity index (χ4v) is 8.71. The first kappa shape index (κ1) is 44.1. The Morgan fingerprint density at radius 3 is 2.15 bits per heavy atom. The maximum absolute atomic E-state index is 12.8. The van der Waals surface area contributed by atoms with Crippen LogP contribution < -0.4 is 0 Å². The first-order valence-corrected chi connectivity index (χ1v) is 24.7. The van der Waals surface area contributed by atoms with Crippen molar-refractivity contribution in [2.45, 2.75) is 162 Å². The summed E-state index contributed by atoms with van der Waals surface area (Å²) >= 11 is 1.71. The minimum Gasteiger partial charge on any atom is -0.467 e. The van der Waals surface area contributed by atoms with Crippen LogP contribution in [0.4, 0.5) is 0 Å². The molecule has 0 bridgehead atoms. The molecule has 1 aliphatic carbocycles. The zero-order valence-electron chi connectivity index (χ0n) is 32.5. The van der Waals surface area contributed by atoms with E-state index in [0.717, 1.165) is 35.7 Å². The van der Waals surface area contributed by atoms with Crippen LogP contribution in [-0.2, 0) is 32.7 Å². The minimum absolute atomic E-state index is 0.000863. The maximum atomic E-state index is 12.8. The number of hydrogen-bond acceptors (Lipinski definition) is 8. The van der Waals surface area contributed by atoms with Crippen LogP contribution in [0.15, 0.2) is 22.8 Å². The molecular weight excluding hydrogens is 645 g/mol. The van der Waals surface area contributed by atoms with E-state index in [1.165, 1.54) is 26.4 Å². The van der Waals surface area contributed by atoms with Gasteiger partial charge in [-0.1, -0.05) is 93.7 Å². The Morgan fingerprint density at radius 2 is 1.60 bits per heavy atom. The monoisotopic (exact) mass is 714 g/mol. The molecule has 0 aliphatic heterocycles. The fraction of sp³-hybridized carbons (Fsp3) is 0.838. The van der Waals surface area contributed by atoms with Crippen molar-refractivity contribution in [1.82, 2.24) is 0 Å². The molecule has 0 N–H and O–H groups in total. The van der Waals surface area contributed by atoms with Gasteiger partial charge in [0.2, 0.25) is 0 Å². The van der Waals surface area contributed by atoms with Gasteiger partial charge in [0, 0.05) is 36.0 Å². The van der Waals surface area contributed by atoms with Crippen LogP contribution in [0.2, 0.25) is 36.3 Å². The predicted molar refractivity (Wildman–Crippen MR) is 203 cm³/mol. The van der Waals surface area contributed by atoms with Crippen LogP contribution in [0.1, 0.15) is 114 Å². The smallest absolute Gasteiger partial charge is 0.331 e. The molecule has 1 rings (SSSR count). The van der Waals surface area contributed by atoms with Gasteiger partial charge in [-0.3, -0.25) is 4.79 Å². The minimum atomic E-state index is -2.15. The van der Waals surface area contributed by atoms with E-state index in [1.54, 1.807) is 11.8 Å². The number of carbonyl (C=O) groups is 2. The average molecular weight is 715 g/mol. The van der Waals surface area contributed by atoms with Crippen LogP contribution in [0, 0.1) is 11.8 Å². The van der Waals surface area contributed by atoms with Gasteiger partial charge in [0.1, 0.15) is 12.4 Å². The summed E-state index contributed by atoms with van der Waals surface area (Å²) < 4.78 is 30.5. The van der Waals surface area contributed by atoms with Gasteiger partial charge in [-0.05, 0) is 61.4 Å². The summed E-state index contributed by atoms with van der Waals surface area (Å²) in [4.78, 5) is 25.4. The van der Waals surface area contributed by atoms with Gasteiger partial charge >= 0.3 is 11.9 Å². The average Bonchev–Trinajstić information content (AvgIpc) is 3.25. The molecule has 0 aromatic rings. The number of methoxy groups -OCH3 is 1. The third-order valence-corrected chi connectivity index (χ3v) is 20.2. The van der Waals surface area contributed by atoms with Crippen LogP contribution in [-0.4, -0.2) is 66.9 Å². The molecule has 0 aromatic carbocycles. The zero-order valence-corrected chi connectivity index (χ0v) is 35.3. The molecule has 0 heterocycles. The second-order valence-corrected chi connectivity index (χ2v) is 26.9. The van der Waals surface area contributed by atoms with Crippen molar-refractivity contribution < 1.29 is 32.7 Å². The highest BCUT2D eigenvalue weighted by molar-refractivity contribution is 8.03. The summed E-state index contributed by atoms with van der Waals surface area (Å²) in [5.41, 5.74) is 0. The first-order valence-electron chi connectivity index (χ1n) is 17.9. The van der Waals surface area contributed by atoms with E-state index in [4.69, 9.17) is 18.3 Å². The standard InChI is InChI=1S/C37H70O7SSi2/c1-15-17-20-28(3)25-29(43-46(11,12)36(4,5)6)21-22-30-31(44-47(13,14)37(7,8)9)26-32(42-33(38)19-16-2)35(30)45-24-18-23-41-27-34(39)40-10/h21-22,28-31H,15-20,23-27H2,1-14H3/b22-21+/t28-,29-,30+,31-/m1/s1. The molecule has 0 radical (unpaired) electrons. The number of hydrogen-bond donors (Lipinski definition) is 0. The number of carbonyl (C=O) groups excluding carboxylic acids is 2. The van der Waals surface area contributed by atoms with E-state index in [2.05, 4.69) is 98.5 Å². The van der Waals surface area contributed by atoms with Gasteiger partial charge in [0.25, 0.3) is 0 Å². The Bertz CT molecular complexity index is 1030. The van der Waals surface area contributed by atoms with Crippen LogP contribution in [0.5, 0.6) is 0 Å². The van der Waals surface area contributed by atoms with Gasteiger partial charge in [0.05, 0.1) is 19.3 Å². The van der Waals surface area contributed by atoms with Crippen molar-refractivity contribution in [1.29, 1.82) is 0 Å². The van der Waals surface area contributed by atoms with Crippen LogP contribution in [0.3, 0.4) is 0 Å². The van der Waals surface area contributed by atoms with E-state index in [9.17, 15) is 9.59 Å². The molecule has 0 amide bonds. The van der Waals surface area contributed by atoms with E-state index in [1.807, 2.05) is 6.92 Å². The number of unbranched alkanes of at least 4 members (excludes halogenated alkanes) is 1. The van der Waals surface area contributed by atoms with Gasteiger partial charge in [-0.2, -0.15) is 0 Å². The second-order valence-electron chi connectivity index (χ2n) is 16.3. The summed E-state index contributed by atoms with van der Waals surface area (Å²) in [6.45, 7) is 29.9. The maximum Gasteiger partial charge on any atom is 0.331 e. The van der Waals surface area contributed by atoms with Gasteiger partial charge in [0.15, 0.2) is 16.6 Å². The normalized spacial score (nSPS) is 19.4. The van der Waals surface area contributed by atoms with Crippen molar-refractivity contribution in [3.63, 3.8) is 0 Å². The fourth-order valence-electron chi connectivity index (χ4n) is 4.90. The van der Waals surface area contributed by atoms with Crippen molar-refractivity contribution in [3.8, 4) is 0 Å². The summed E-state index contributed by atoms with van der Waals surface area (Å²) in [5.74, 6) is 1.43. The Morgan fingerprint density at radius 1 is 0.957 bits per heavy atom. The molecule has 0 spiro atoms. The lowest BCUT2D eigenvalue weighted by atomic mass is 9.96. The number of esters is 2. The molecule has 47 heavy (non-hydrogen) atoms. The summed E-state index contributed by atoms with van der Waals surface area (Å²) in [6.07, 6.45) is 11.5. The van der Waals surface area contributed by atoms with E-state index in [0.29, 0.717) is 25.4 Å². The van der Waals surface area contributed by atoms with Gasteiger partial charge < -0.3 is 23.1 Å². The third-order valence-electron chi connectivity index (χ3n) is 9.92. The van der Waals surface area contributed by atoms with Crippen molar-refractivity contribution in [2.24, 2.45) is 11.8 Å². The number of ether oxygens (including phenoxy) is 3. The van der Waals surface area contributed by atoms with Crippen molar-refractivity contribution >= 4 is 40.3 Å². The molecular formula is C37H70O7SSi2. The molecule has 0 saturated carbocycles. The Kier molecular flexibility index (Phi) is 18.8. The molecule has 0 unspecified atom stereocenters. The van der Waals surface area contributed by atoms with Crippen molar-refractivity contribution in [2.75, 3.05) is 26.1 Å². The Hall–Kier alpha value is -0.916. The third kappa shape index (κ3) is 15.2. The SMILES string of the molecule is CCCC[C@@H](C)C[C@@H](/C=C/[C@@H]1C(SCCCOCC(=O)OC)=C(OC(=O)CCC)C[C@H]1O[Si](C)(C)C(C)(C)C)O[Si](C)(C)C(C)(C)C. The quantitative estimate of drug-likeness (QED) is 0.0503. The first-order chi connectivity index (χ1) is 21.7. The lowest BCUT2D eigenvalue weighted by Gasteiger charge is -2.40. The Labute approximate surface area is 295 Å². The summed E-state index contributed by atoms with van der Waals surface area (Å²) in [5, 5.41) is 0.139. The zero-order chi connectivity index (χ0) is 36.1. The largest absolute Gasteiger partial charge is 0.467 e. The van der Waals surface area contributed by atoms with Gasteiger partial charge in [-0.15, -0.1) is 11.8 Å². The molecule has 274 valence electrons. The molecule has 7 nitrogen and oxygen atoms in total. The lowest BCUT2D eigenvalue weighted by Crippen LogP contribution is -2.45. The molecule has 4 atom stereocenters. The molecule has 1 aliphatic rings. The molecule has 0 saturated heterocycles. The molecule has 0 aromatic heterocycles. The van der Waals surface area contributed by atoms with Gasteiger partial charge in [-0.25, -0.2) is 4.79 Å². The highest BCUT2D eigenvalue weighted by Gasteiger charge is 2.45. The number of thioether (sulfide) groups is 1. The highest BCUT2D eigenvalue weighted by Crippen LogP contribution is 2.47. The lowest BCUT2D eigenvalue weighted by molar-refractivity contribution is -0.146. The highest BCUT2D eigenvalue weighted by atomic mass is 32.2. The van der Waals surface area contributed by atoms with E-state index >= 15 is 0 Å².